The highest BCUT2D eigenvalue weighted by Gasteiger charge is 2.42. The summed E-state index contributed by atoms with van der Waals surface area (Å²) in [5.74, 6) is 0.851. The Hall–Kier alpha value is -3.74. The Morgan fingerprint density at radius 3 is 2.50 bits per heavy atom. The number of para-hydroxylation sites is 1. The molecule has 0 bridgehead atoms. The van der Waals surface area contributed by atoms with Gasteiger partial charge in [-0.15, -0.1) is 0 Å². The van der Waals surface area contributed by atoms with E-state index >= 15 is 0 Å². The van der Waals surface area contributed by atoms with E-state index in [1.807, 2.05) is 37.3 Å². The number of ether oxygens (including phenoxy) is 4. The number of carboxylic acids is 1. The van der Waals surface area contributed by atoms with E-state index in [4.69, 9.17) is 18.9 Å². The molecule has 1 aliphatic heterocycles. The average molecular weight is 467 g/mol. The van der Waals surface area contributed by atoms with Gasteiger partial charge in [-0.25, -0.2) is 9.18 Å². The maximum Gasteiger partial charge on any atom is 0.348 e. The van der Waals surface area contributed by atoms with Gasteiger partial charge >= 0.3 is 5.97 Å². The zero-order valence-electron chi connectivity index (χ0n) is 19.0. The number of fused-ring (bicyclic) bond motifs is 1. The summed E-state index contributed by atoms with van der Waals surface area (Å²) in [6.45, 7) is 2.44. The molecule has 7 heteroatoms. The molecule has 6 nitrogen and oxygen atoms in total. The highest BCUT2D eigenvalue weighted by Crippen LogP contribution is 2.37. The van der Waals surface area contributed by atoms with Crippen LogP contribution in [0.5, 0.6) is 28.7 Å². The van der Waals surface area contributed by atoms with Crippen molar-refractivity contribution in [3.8, 4) is 28.7 Å². The van der Waals surface area contributed by atoms with E-state index in [9.17, 15) is 14.3 Å². The number of carboxylic acid groups (broad SMARTS) is 1. The van der Waals surface area contributed by atoms with Gasteiger partial charge in [-0.3, -0.25) is 0 Å². The Labute approximate surface area is 197 Å². The van der Waals surface area contributed by atoms with Crippen LogP contribution in [0.25, 0.3) is 0 Å². The molecule has 0 aromatic heterocycles. The number of hydrogen-bond donors (Lipinski definition) is 1. The first-order valence-electron chi connectivity index (χ1n) is 11.3. The molecule has 1 unspecified atom stereocenters. The van der Waals surface area contributed by atoms with Gasteiger partial charge in [0, 0.05) is 25.0 Å². The highest BCUT2D eigenvalue weighted by atomic mass is 19.1. The normalized spacial score (nSPS) is 16.8. The van der Waals surface area contributed by atoms with Gasteiger partial charge in [0.2, 0.25) is 5.60 Å². The number of carbonyl (C=O) groups is 1. The lowest BCUT2D eigenvalue weighted by Crippen LogP contribution is -2.46. The summed E-state index contributed by atoms with van der Waals surface area (Å²) in [6.07, 6.45) is 2.01. The Kier molecular flexibility index (Phi) is 7.21. The van der Waals surface area contributed by atoms with Crippen LogP contribution in [0.1, 0.15) is 31.7 Å². The number of hydrogen-bond acceptors (Lipinski definition) is 5. The topological polar surface area (TPSA) is 74.2 Å². The molecule has 3 aromatic rings. The lowest BCUT2D eigenvalue weighted by Gasteiger charge is -2.34. The highest BCUT2D eigenvalue weighted by molar-refractivity contribution is 5.78. The minimum Gasteiger partial charge on any atom is -0.493 e. The summed E-state index contributed by atoms with van der Waals surface area (Å²) in [6, 6.07) is 19.1. The number of aliphatic carboxylic acids is 1. The fraction of sp³-hybridized carbons (Fsp3) is 0.296. The Morgan fingerprint density at radius 2 is 1.76 bits per heavy atom. The zero-order valence-corrected chi connectivity index (χ0v) is 19.0. The average Bonchev–Trinajstić information content (AvgIpc) is 2.85. The Bertz CT molecular complexity index is 1130. The van der Waals surface area contributed by atoms with Crippen molar-refractivity contribution < 1.29 is 33.2 Å². The van der Waals surface area contributed by atoms with Gasteiger partial charge in [0.05, 0.1) is 13.2 Å². The van der Waals surface area contributed by atoms with Crippen LogP contribution in [0.2, 0.25) is 0 Å². The first-order valence-corrected chi connectivity index (χ1v) is 11.3. The molecule has 1 atom stereocenters. The van der Waals surface area contributed by atoms with E-state index in [2.05, 4.69) is 0 Å². The van der Waals surface area contributed by atoms with Gasteiger partial charge in [-0.05, 0) is 48.7 Å². The molecule has 1 N–H and O–H groups in total. The second-order valence-electron chi connectivity index (χ2n) is 8.08. The summed E-state index contributed by atoms with van der Waals surface area (Å²) >= 11 is 0. The van der Waals surface area contributed by atoms with Gasteiger partial charge in [-0.2, -0.15) is 0 Å². The van der Waals surface area contributed by atoms with Crippen LogP contribution in [0.3, 0.4) is 0 Å². The summed E-state index contributed by atoms with van der Waals surface area (Å²) in [5.41, 5.74) is -0.221. The maximum atomic E-state index is 14.3. The van der Waals surface area contributed by atoms with Crippen LogP contribution in [0.15, 0.2) is 66.7 Å². The molecule has 34 heavy (non-hydrogen) atoms. The quantitative estimate of drug-likeness (QED) is 0.368. The van der Waals surface area contributed by atoms with Crippen molar-refractivity contribution in [2.75, 3.05) is 13.2 Å². The third-order valence-corrected chi connectivity index (χ3v) is 5.80. The van der Waals surface area contributed by atoms with Crippen LogP contribution >= 0.6 is 0 Å². The van der Waals surface area contributed by atoms with Crippen molar-refractivity contribution in [1.82, 2.24) is 0 Å². The second kappa shape index (κ2) is 10.5. The molecule has 0 saturated heterocycles. The molecule has 3 aromatic carbocycles. The molecule has 0 fully saturated rings. The molecule has 4 rings (SSSR count). The number of aryl methyl sites for hydroxylation is 1. The molecular formula is C27H27FO6. The van der Waals surface area contributed by atoms with E-state index in [0.29, 0.717) is 55.3 Å². The van der Waals surface area contributed by atoms with E-state index in [1.54, 1.807) is 24.3 Å². The maximum absolute atomic E-state index is 14.3. The predicted molar refractivity (Wildman–Crippen MR) is 125 cm³/mol. The van der Waals surface area contributed by atoms with Gasteiger partial charge in [0.1, 0.15) is 23.0 Å². The lowest BCUT2D eigenvalue weighted by atomic mass is 9.89. The van der Waals surface area contributed by atoms with Crippen LogP contribution < -0.4 is 18.9 Å². The van der Waals surface area contributed by atoms with Gasteiger partial charge < -0.3 is 24.1 Å². The van der Waals surface area contributed by atoms with Crippen molar-refractivity contribution in [3.05, 3.63) is 78.1 Å². The van der Waals surface area contributed by atoms with E-state index < -0.39 is 17.4 Å². The van der Waals surface area contributed by atoms with Crippen LogP contribution in [0, 0.1) is 5.82 Å². The lowest BCUT2D eigenvalue weighted by molar-refractivity contribution is -0.157. The summed E-state index contributed by atoms with van der Waals surface area (Å²) in [7, 11) is 0. The molecule has 1 heterocycles. The Morgan fingerprint density at radius 1 is 1.00 bits per heavy atom. The number of rotatable bonds is 10. The summed E-state index contributed by atoms with van der Waals surface area (Å²) < 4.78 is 37.1. The largest absolute Gasteiger partial charge is 0.493 e. The number of benzene rings is 3. The third-order valence-electron chi connectivity index (χ3n) is 5.80. The molecule has 0 amide bonds. The minimum absolute atomic E-state index is 0.146. The summed E-state index contributed by atoms with van der Waals surface area (Å²) in [4.78, 5) is 11.7. The van der Waals surface area contributed by atoms with Gasteiger partial charge in [0.25, 0.3) is 0 Å². The van der Waals surface area contributed by atoms with Crippen LogP contribution in [0.4, 0.5) is 4.39 Å². The monoisotopic (exact) mass is 466 g/mol. The van der Waals surface area contributed by atoms with E-state index in [0.717, 1.165) is 5.56 Å². The van der Waals surface area contributed by atoms with Crippen molar-refractivity contribution in [3.63, 3.8) is 0 Å². The SMILES string of the molecule is CCC1(C(=O)O)CCc2ccc(OCCCOc3ccc(Oc4ccccc4)cc3F)cc2O1. The van der Waals surface area contributed by atoms with Crippen molar-refractivity contribution >= 4 is 5.97 Å². The van der Waals surface area contributed by atoms with Crippen molar-refractivity contribution in [2.45, 2.75) is 38.2 Å². The molecule has 1 aliphatic rings. The van der Waals surface area contributed by atoms with E-state index in [1.165, 1.54) is 12.1 Å². The predicted octanol–water partition coefficient (Wildman–Crippen LogP) is 6.02. The molecule has 178 valence electrons. The van der Waals surface area contributed by atoms with Crippen molar-refractivity contribution in [1.29, 1.82) is 0 Å². The molecule has 0 saturated carbocycles. The standard InChI is InChI=1S/C27H27FO6/c1-2-27(26(29)30)14-13-19-9-10-21(18-25(19)34-27)31-15-6-16-32-24-12-11-22(17-23(24)28)33-20-7-4-3-5-8-20/h3-5,7-12,17-18H,2,6,13-16H2,1H3,(H,29,30). The molecule has 0 radical (unpaired) electrons. The summed E-state index contributed by atoms with van der Waals surface area (Å²) in [5, 5.41) is 9.58. The van der Waals surface area contributed by atoms with Crippen molar-refractivity contribution in [2.24, 2.45) is 0 Å². The first-order chi connectivity index (χ1) is 16.5. The molecular weight excluding hydrogens is 439 g/mol. The van der Waals surface area contributed by atoms with Crippen LogP contribution in [-0.4, -0.2) is 29.9 Å². The fourth-order valence-corrected chi connectivity index (χ4v) is 3.79. The molecule has 0 aliphatic carbocycles. The smallest absolute Gasteiger partial charge is 0.348 e. The minimum atomic E-state index is -1.19. The fourth-order valence-electron chi connectivity index (χ4n) is 3.79. The van der Waals surface area contributed by atoms with Gasteiger partial charge in [-0.1, -0.05) is 31.2 Å². The Balaban J connectivity index is 1.25. The van der Waals surface area contributed by atoms with Gasteiger partial charge in [0.15, 0.2) is 11.6 Å². The number of halogens is 1. The van der Waals surface area contributed by atoms with Crippen LogP contribution in [-0.2, 0) is 11.2 Å². The van der Waals surface area contributed by atoms with E-state index in [-0.39, 0.29) is 12.4 Å². The zero-order chi connectivity index (χ0) is 24.0. The third kappa shape index (κ3) is 5.42. The first kappa shape index (κ1) is 23.4. The second-order valence-corrected chi connectivity index (χ2v) is 8.08. The molecule has 0 spiro atoms.